The number of tetrazole rings is 1. The average molecular weight is 638 g/mol. The number of alkyl halides is 9. The van der Waals surface area contributed by atoms with Crippen LogP contribution < -0.4 is 4.90 Å². The Kier molecular flexibility index (Phi) is 9.86. The van der Waals surface area contributed by atoms with Crippen LogP contribution >= 0.6 is 0 Å². The van der Waals surface area contributed by atoms with E-state index in [0.29, 0.717) is 23.6 Å². The molecule has 0 radical (unpaired) electrons. The Balaban J connectivity index is 1.82. The topological polar surface area (TPSA) is 56.1 Å². The largest absolute Gasteiger partial charge is 0.416 e. The molecular formula is C29H32F9N5O. The standard InChI is InChI=1S/C29H32F9N5O/c1-4-44-25(19-7-5-17(2)6-8-19)24-10-9-21(27(30,31)32)13-20(24)16-43(26-39-41-42(3)40-26)15-18-11-22(28(33,34)35)14-23(12-18)29(36,37)38/h9-14,17,19,25H,4-8,15-16H2,1-3H3. The first-order chi connectivity index (χ1) is 20.5. The monoisotopic (exact) mass is 637 g/mol. The third-order valence-corrected chi connectivity index (χ3v) is 7.77. The van der Waals surface area contributed by atoms with Crippen LogP contribution in [0.4, 0.5) is 45.5 Å². The lowest BCUT2D eigenvalue weighted by atomic mass is 9.77. The predicted octanol–water partition coefficient (Wildman–Crippen LogP) is 8.38. The number of benzene rings is 2. The molecule has 4 rings (SSSR count). The number of halogens is 9. The zero-order valence-electron chi connectivity index (χ0n) is 24.2. The highest BCUT2D eigenvalue weighted by Gasteiger charge is 2.38. The summed E-state index contributed by atoms with van der Waals surface area (Å²) in [6.07, 6.45) is -12.1. The van der Waals surface area contributed by atoms with Crippen LogP contribution in [0.1, 0.15) is 79.0 Å². The minimum Gasteiger partial charge on any atom is -0.374 e. The number of aryl methyl sites for hydroxylation is 1. The summed E-state index contributed by atoms with van der Waals surface area (Å²) in [5.74, 6) is 0.302. The maximum Gasteiger partial charge on any atom is 0.416 e. The maximum absolute atomic E-state index is 13.9. The fourth-order valence-electron chi connectivity index (χ4n) is 5.58. The molecule has 3 aromatic rings. The zero-order valence-corrected chi connectivity index (χ0v) is 24.2. The second kappa shape index (κ2) is 12.9. The second-order valence-corrected chi connectivity index (χ2v) is 11.2. The van der Waals surface area contributed by atoms with Crippen LogP contribution in [0.3, 0.4) is 0 Å². The van der Waals surface area contributed by atoms with Crippen LogP contribution in [0.5, 0.6) is 0 Å². The molecule has 1 aliphatic rings. The molecule has 1 saturated carbocycles. The van der Waals surface area contributed by atoms with Gasteiger partial charge in [0.1, 0.15) is 0 Å². The van der Waals surface area contributed by atoms with E-state index in [1.54, 1.807) is 6.92 Å². The quantitative estimate of drug-likeness (QED) is 0.221. The normalized spacial score (nSPS) is 18.8. The van der Waals surface area contributed by atoms with Crippen molar-refractivity contribution in [3.05, 3.63) is 69.8 Å². The molecule has 0 aliphatic heterocycles. The minimum absolute atomic E-state index is 0.00235. The molecule has 6 nitrogen and oxygen atoms in total. The van der Waals surface area contributed by atoms with Gasteiger partial charge in [0.2, 0.25) is 0 Å². The van der Waals surface area contributed by atoms with Crippen molar-refractivity contribution < 1.29 is 44.3 Å². The van der Waals surface area contributed by atoms with Gasteiger partial charge in [-0.05, 0) is 83.8 Å². The summed E-state index contributed by atoms with van der Waals surface area (Å²) < 4.78 is 129. The molecule has 1 aromatic heterocycles. The Morgan fingerprint density at radius 2 is 1.43 bits per heavy atom. The van der Waals surface area contributed by atoms with Crippen molar-refractivity contribution in [1.82, 2.24) is 20.2 Å². The van der Waals surface area contributed by atoms with Crippen LogP contribution in [-0.4, -0.2) is 26.8 Å². The van der Waals surface area contributed by atoms with Gasteiger partial charge < -0.3 is 9.64 Å². The Hall–Kier alpha value is -3.36. The van der Waals surface area contributed by atoms with Crippen LogP contribution in [0, 0.1) is 11.8 Å². The van der Waals surface area contributed by atoms with Crippen molar-refractivity contribution in [3.63, 3.8) is 0 Å². The van der Waals surface area contributed by atoms with E-state index in [-0.39, 0.29) is 36.6 Å². The van der Waals surface area contributed by atoms with Crippen molar-refractivity contribution in [1.29, 1.82) is 0 Å². The van der Waals surface area contributed by atoms with Gasteiger partial charge in [-0.25, -0.2) is 0 Å². The maximum atomic E-state index is 13.9. The van der Waals surface area contributed by atoms with Gasteiger partial charge in [-0.15, -0.1) is 5.10 Å². The summed E-state index contributed by atoms with van der Waals surface area (Å²) in [4.78, 5) is 2.22. The summed E-state index contributed by atoms with van der Waals surface area (Å²) in [6.45, 7) is 3.20. The smallest absolute Gasteiger partial charge is 0.374 e. The lowest BCUT2D eigenvalue weighted by Crippen LogP contribution is -2.27. The fourth-order valence-corrected chi connectivity index (χ4v) is 5.58. The summed E-state index contributed by atoms with van der Waals surface area (Å²) in [5, 5.41) is 11.6. The van der Waals surface area contributed by atoms with Crippen molar-refractivity contribution in [2.45, 2.75) is 77.3 Å². The van der Waals surface area contributed by atoms with Crippen LogP contribution in [0.25, 0.3) is 0 Å². The zero-order chi connectivity index (χ0) is 32.4. The fraction of sp³-hybridized carbons (Fsp3) is 0.552. The van der Waals surface area contributed by atoms with Crippen LogP contribution in [0.2, 0.25) is 0 Å². The molecule has 1 fully saturated rings. The highest BCUT2D eigenvalue weighted by Crippen LogP contribution is 2.42. The molecule has 2 aromatic carbocycles. The van der Waals surface area contributed by atoms with Crippen molar-refractivity contribution in [2.75, 3.05) is 11.5 Å². The predicted molar refractivity (Wildman–Crippen MR) is 142 cm³/mol. The summed E-state index contributed by atoms with van der Waals surface area (Å²) in [5.41, 5.74) is -3.81. The van der Waals surface area contributed by atoms with Crippen molar-refractivity contribution in [2.24, 2.45) is 18.9 Å². The molecule has 1 aliphatic carbocycles. The molecule has 1 atom stereocenters. The summed E-state index contributed by atoms with van der Waals surface area (Å²) in [7, 11) is 1.39. The van der Waals surface area contributed by atoms with E-state index < -0.39 is 53.4 Å². The van der Waals surface area contributed by atoms with Gasteiger partial charge in [0.05, 0.1) is 29.8 Å². The summed E-state index contributed by atoms with van der Waals surface area (Å²) >= 11 is 0. The Morgan fingerprint density at radius 1 is 0.841 bits per heavy atom. The van der Waals surface area contributed by atoms with E-state index >= 15 is 0 Å². The molecule has 1 heterocycles. The Morgan fingerprint density at radius 3 is 1.93 bits per heavy atom. The molecule has 0 spiro atoms. The highest BCUT2D eigenvalue weighted by molar-refractivity contribution is 5.42. The van der Waals surface area contributed by atoms with E-state index in [1.165, 1.54) is 18.0 Å². The molecule has 15 heteroatoms. The number of rotatable bonds is 9. The second-order valence-electron chi connectivity index (χ2n) is 11.2. The highest BCUT2D eigenvalue weighted by atomic mass is 19.4. The lowest BCUT2D eigenvalue weighted by molar-refractivity contribution is -0.143. The first-order valence-corrected chi connectivity index (χ1v) is 14.0. The number of nitrogens with zero attached hydrogens (tertiary/aromatic N) is 5. The van der Waals surface area contributed by atoms with Crippen molar-refractivity contribution in [3.8, 4) is 0 Å². The molecule has 0 N–H and O–H groups in total. The Bertz CT molecular complexity index is 1380. The molecule has 1 unspecified atom stereocenters. The van der Waals surface area contributed by atoms with E-state index in [1.807, 2.05) is 0 Å². The molecule has 0 bridgehead atoms. The molecule has 0 saturated heterocycles. The van der Waals surface area contributed by atoms with Gasteiger partial charge in [-0.3, -0.25) is 0 Å². The number of hydrogen-bond donors (Lipinski definition) is 0. The summed E-state index contributed by atoms with van der Waals surface area (Å²) in [6, 6.07) is 4.37. The third kappa shape index (κ3) is 8.21. The van der Waals surface area contributed by atoms with Gasteiger partial charge in [0.25, 0.3) is 5.95 Å². The molecule has 44 heavy (non-hydrogen) atoms. The average Bonchev–Trinajstić information content (AvgIpc) is 3.36. The molecule has 242 valence electrons. The van der Waals surface area contributed by atoms with E-state index in [4.69, 9.17) is 4.74 Å². The van der Waals surface area contributed by atoms with Gasteiger partial charge in [-0.2, -0.15) is 44.3 Å². The number of hydrogen-bond acceptors (Lipinski definition) is 5. The van der Waals surface area contributed by atoms with Gasteiger partial charge >= 0.3 is 18.5 Å². The van der Waals surface area contributed by atoms with Crippen molar-refractivity contribution >= 4 is 5.95 Å². The number of aromatic nitrogens is 4. The lowest BCUT2D eigenvalue weighted by Gasteiger charge is -2.34. The first-order valence-electron chi connectivity index (χ1n) is 14.0. The van der Waals surface area contributed by atoms with E-state index in [9.17, 15) is 39.5 Å². The van der Waals surface area contributed by atoms with Gasteiger partial charge in [-0.1, -0.05) is 30.9 Å². The SMILES string of the molecule is CCOC(c1ccc(C(F)(F)F)cc1CN(Cc1cc(C(F)(F)F)cc(C(F)(F)F)c1)c1nnn(C)n1)C1CCC(C)CC1. The van der Waals surface area contributed by atoms with Crippen LogP contribution in [0.15, 0.2) is 36.4 Å². The Labute approximate surface area is 248 Å². The van der Waals surface area contributed by atoms with Crippen LogP contribution in [-0.2, 0) is 43.4 Å². The number of anilines is 1. The third-order valence-electron chi connectivity index (χ3n) is 7.77. The van der Waals surface area contributed by atoms with Gasteiger partial charge in [0.15, 0.2) is 0 Å². The first kappa shape index (κ1) is 33.5. The van der Waals surface area contributed by atoms with E-state index in [2.05, 4.69) is 22.3 Å². The van der Waals surface area contributed by atoms with E-state index in [0.717, 1.165) is 42.6 Å². The number of ether oxygens (including phenoxy) is 1. The molecule has 0 amide bonds. The molecular weight excluding hydrogens is 605 g/mol. The van der Waals surface area contributed by atoms with Gasteiger partial charge in [0, 0.05) is 19.7 Å². The minimum atomic E-state index is -5.08.